The maximum absolute atomic E-state index is 11.9. The summed E-state index contributed by atoms with van der Waals surface area (Å²) in [5.41, 5.74) is 0.129. The fraction of sp³-hybridized carbons (Fsp3) is 0.500. The third-order valence-corrected chi connectivity index (χ3v) is 1.51. The number of rotatable bonds is 1. The molecule has 0 aliphatic rings. The molecular formula is C6H5ClF3NO. The second kappa shape index (κ2) is 2.97. The van der Waals surface area contributed by atoms with Gasteiger partial charge in [-0.1, -0.05) is 0 Å². The van der Waals surface area contributed by atoms with Crippen LogP contribution in [0.1, 0.15) is 17.3 Å². The summed E-state index contributed by atoms with van der Waals surface area (Å²) in [5, 5.41) is 0. The number of aryl methyl sites for hydroxylation is 1. The highest BCUT2D eigenvalue weighted by Gasteiger charge is 2.37. The third-order valence-electron chi connectivity index (χ3n) is 1.26. The fourth-order valence-corrected chi connectivity index (χ4v) is 0.921. The van der Waals surface area contributed by atoms with E-state index in [2.05, 4.69) is 9.40 Å². The summed E-state index contributed by atoms with van der Waals surface area (Å²) in [6.07, 6.45) is -4.53. The molecule has 12 heavy (non-hydrogen) atoms. The maximum atomic E-state index is 11.9. The quantitative estimate of drug-likeness (QED) is 0.650. The molecule has 2 nitrogen and oxygen atoms in total. The van der Waals surface area contributed by atoms with Crippen LogP contribution in [0.5, 0.6) is 0 Å². The molecule has 0 bridgehead atoms. The normalized spacial score (nSPS) is 12.1. The highest BCUT2D eigenvalue weighted by atomic mass is 35.5. The smallest absolute Gasteiger partial charge is 0.438 e. The molecule has 1 heterocycles. The largest absolute Gasteiger partial charge is 0.468 e. The van der Waals surface area contributed by atoms with Crippen molar-refractivity contribution < 1.29 is 17.6 Å². The molecule has 0 radical (unpaired) electrons. The molecule has 0 aliphatic carbocycles. The Balaban J connectivity index is 3.05. The van der Waals surface area contributed by atoms with Crippen LogP contribution in [0.15, 0.2) is 4.42 Å². The van der Waals surface area contributed by atoms with Crippen LogP contribution in [-0.2, 0) is 12.1 Å². The third kappa shape index (κ3) is 1.72. The van der Waals surface area contributed by atoms with E-state index in [0.717, 1.165) is 0 Å². The maximum Gasteiger partial charge on any atom is 0.468 e. The van der Waals surface area contributed by atoms with E-state index in [1.165, 1.54) is 6.92 Å². The van der Waals surface area contributed by atoms with Gasteiger partial charge in [-0.05, 0) is 6.92 Å². The summed E-state index contributed by atoms with van der Waals surface area (Å²) in [4.78, 5) is 3.18. The number of oxazole rings is 1. The second-order valence-electron chi connectivity index (χ2n) is 2.15. The zero-order chi connectivity index (χ0) is 9.35. The molecule has 0 atom stereocenters. The van der Waals surface area contributed by atoms with Gasteiger partial charge in [-0.15, -0.1) is 11.6 Å². The second-order valence-corrected chi connectivity index (χ2v) is 2.42. The van der Waals surface area contributed by atoms with Crippen molar-refractivity contribution in [1.82, 2.24) is 4.98 Å². The SMILES string of the molecule is Cc1oc(C(F)(F)F)nc1CCl. The minimum absolute atomic E-state index is 0.0780. The number of nitrogens with zero attached hydrogens (tertiary/aromatic N) is 1. The molecule has 1 aromatic heterocycles. The predicted octanol–water partition coefficient (Wildman–Crippen LogP) is 2.74. The van der Waals surface area contributed by atoms with E-state index in [9.17, 15) is 13.2 Å². The molecule has 0 spiro atoms. The van der Waals surface area contributed by atoms with Crippen LogP contribution in [0.4, 0.5) is 13.2 Å². The Morgan fingerprint density at radius 2 is 2.08 bits per heavy atom. The van der Waals surface area contributed by atoms with Crippen molar-refractivity contribution in [2.75, 3.05) is 0 Å². The van der Waals surface area contributed by atoms with E-state index < -0.39 is 12.1 Å². The van der Waals surface area contributed by atoms with Gasteiger partial charge in [0.2, 0.25) is 0 Å². The van der Waals surface area contributed by atoms with Gasteiger partial charge in [-0.25, -0.2) is 4.98 Å². The van der Waals surface area contributed by atoms with Crippen LogP contribution >= 0.6 is 11.6 Å². The van der Waals surface area contributed by atoms with Crippen molar-refractivity contribution >= 4 is 11.6 Å². The van der Waals surface area contributed by atoms with Crippen LogP contribution < -0.4 is 0 Å². The van der Waals surface area contributed by atoms with Crippen molar-refractivity contribution in [3.8, 4) is 0 Å². The van der Waals surface area contributed by atoms with Crippen molar-refractivity contribution in [2.24, 2.45) is 0 Å². The molecule has 1 aromatic rings. The number of hydrogen-bond acceptors (Lipinski definition) is 2. The average Bonchev–Trinajstić information content (AvgIpc) is 2.29. The molecular weight excluding hydrogens is 195 g/mol. The molecule has 1 rings (SSSR count). The van der Waals surface area contributed by atoms with E-state index in [1.807, 2.05) is 0 Å². The average molecular weight is 200 g/mol. The van der Waals surface area contributed by atoms with E-state index in [0.29, 0.717) is 0 Å². The van der Waals surface area contributed by atoms with E-state index in [-0.39, 0.29) is 17.3 Å². The number of halogens is 4. The fourth-order valence-electron chi connectivity index (χ4n) is 0.673. The molecule has 0 aromatic carbocycles. The van der Waals surface area contributed by atoms with Gasteiger partial charge >= 0.3 is 12.1 Å². The van der Waals surface area contributed by atoms with Gasteiger partial charge in [0.05, 0.1) is 11.6 Å². The molecule has 0 N–H and O–H groups in total. The van der Waals surface area contributed by atoms with Gasteiger partial charge in [0.25, 0.3) is 0 Å². The van der Waals surface area contributed by atoms with Crippen LogP contribution in [0, 0.1) is 6.92 Å². The summed E-state index contributed by atoms with van der Waals surface area (Å²) in [6.45, 7) is 1.39. The van der Waals surface area contributed by atoms with E-state index in [1.54, 1.807) is 0 Å². The molecule has 0 fully saturated rings. The lowest BCUT2D eigenvalue weighted by atomic mass is 10.4. The first-order chi connectivity index (χ1) is 5.45. The summed E-state index contributed by atoms with van der Waals surface area (Å²) in [6, 6.07) is 0. The molecule has 0 unspecified atom stereocenters. The Hall–Kier alpha value is -0.710. The van der Waals surface area contributed by atoms with Crippen molar-refractivity contribution in [3.63, 3.8) is 0 Å². The van der Waals surface area contributed by atoms with Gasteiger partial charge < -0.3 is 4.42 Å². The summed E-state index contributed by atoms with van der Waals surface area (Å²) >= 11 is 5.31. The topological polar surface area (TPSA) is 26.0 Å². The van der Waals surface area contributed by atoms with Gasteiger partial charge in [-0.3, -0.25) is 0 Å². The number of hydrogen-bond donors (Lipinski definition) is 0. The first kappa shape index (κ1) is 9.38. The monoisotopic (exact) mass is 199 g/mol. The zero-order valence-corrected chi connectivity index (χ0v) is 6.83. The Bertz CT molecular complexity index is 281. The highest BCUT2D eigenvalue weighted by Crippen LogP contribution is 2.29. The van der Waals surface area contributed by atoms with Crippen LogP contribution in [0.3, 0.4) is 0 Å². The first-order valence-electron chi connectivity index (χ1n) is 3.04. The molecule has 0 aliphatic heterocycles. The zero-order valence-electron chi connectivity index (χ0n) is 6.07. The summed E-state index contributed by atoms with van der Waals surface area (Å²) < 4.78 is 40.1. The van der Waals surface area contributed by atoms with E-state index >= 15 is 0 Å². The van der Waals surface area contributed by atoms with E-state index in [4.69, 9.17) is 11.6 Å². The lowest BCUT2D eigenvalue weighted by molar-refractivity contribution is -0.157. The van der Waals surface area contributed by atoms with Crippen molar-refractivity contribution in [3.05, 3.63) is 17.3 Å². The van der Waals surface area contributed by atoms with Gasteiger partial charge in [0.15, 0.2) is 0 Å². The predicted molar refractivity (Wildman–Crippen MR) is 35.8 cm³/mol. The molecule has 0 amide bonds. The minimum Gasteiger partial charge on any atom is -0.438 e. The van der Waals surface area contributed by atoms with Crippen molar-refractivity contribution in [1.29, 1.82) is 0 Å². The van der Waals surface area contributed by atoms with Crippen LogP contribution in [0.2, 0.25) is 0 Å². The number of alkyl halides is 4. The Kier molecular flexibility index (Phi) is 2.32. The molecule has 0 saturated carbocycles. The van der Waals surface area contributed by atoms with Crippen LogP contribution in [0.25, 0.3) is 0 Å². The standard InChI is InChI=1S/C6H5ClF3NO/c1-3-4(2-7)11-5(12-3)6(8,9)10/h2H2,1H3. The molecule has 0 saturated heterocycles. The first-order valence-corrected chi connectivity index (χ1v) is 3.58. The Labute approximate surface area is 71.3 Å². The van der Waals surface area contributed by atoms with Gasteiger partial charge in [0, 0.05) is 0 Å². The molecule has 68 valence electrons. The lowest BCUT2D eigenvalue weighted by Gasteiger charge is -1.97. The van der Waals surface area contributed by atoms with Gasteiger partial charge in [0.1, 0.15) is 5.76 Å². The minimum atomic E-state index is -4.53. The summed E-state index contributed by atoms with van der Waals surface area (Å²) in [5.74, 6) is -1.21. The Morgan fingerprint density at radius 1 is 1.50 bits per heavy atom. The highest BCUT2D eigenvalue weighted by molar-refractivity contribution is 6.16. The van der Waals surface area contributed by atoms with Crippen LogP contribution in [-0.4, -0.2) is 4.98 Å². The van der Waals surface area contributed by atoms with Gasteiger partial charge in [-0.2, -0.15) is 13.2 Å². The summed E-state index contributed by atoms with van der Waals surface area (Å²) in [7, 11) is 0. The van der Waals surface area contributed by atoms with Crippen molar-refractivity contribution in [2.45, 2.75) is 19.0 Å². The molecule has 6 heteroatoms. The lowest BCUT2D eigenvalue weighted by Crippen LogP contribution is -2.04. The number of aromatic nitrogens is 1. The Morgan fingerprint density at radius 3 is 2.33 bits per heavy atom.